The third-order valence-corrected chi connectivity index (χ3v) is 5.98. The molecule has 2 aromatic carbocycles. The number of halogens is 1. The molecule has 0 aliphatic heterocycles. The number of hydrogen-bond donors (Lipinski definition) is 1. The van der Waals surface area contributed by atoms with E-state index in [4.69, 9.17) is 16.3 Å². The number of nitrogens with zero attached hydrogens (tertiary/aromatic N) is 2. The van der Waals surface area contributed by atoms with Gasteiger partial charge in [-0.25, -0.2) is 17.8 Å². The second-order valence-corrected chi connectivity index (χ2v) is 8.51. The fourth-order valence-electron chi connectivity index (χ4n) is 2.74. The monoisotopic (exact) mass is 433 g/mol. The van der Waals surface area contributed by atoms with E-state index in [2.05, 4.69) is 9.82 Å². The zero-order valence-corrected chi connectivity index (χ0v) is 17.5. The fraction of sp³-hybridized carbons (Fsp3) is 0.200. The number of aryl methyl sites for hydroxylation is 1. The molecule has 0 spiro atoms. The van der Waals surface area contributed by atoms with Crippen LogP contribution < -0.4 is 15.0 Å². The van der Waals surface area contributed by atoms with Crippen LogP contribution in [-0.2, 0) is 16.6 Å². The lowest BCUT2D eigenvalue weighted by Gasteiger charge is -2.12. The number of ether oxygens (including phenoxy) is 1. The first-order chi connectivity index (χ1) is 13.8. The van der Waals surface area contributed by atoms with Crippen molar-refractivity contribution in [3.05, 3.63) is 75.5 Å². The number of hydrogen-bond acceptors (Lipinski definition) is 5. The molecule has 9 heteroatoms. The topological polar surface area (TPSA) is 90.3 Å². The quantitative estimate of drug-likeness (QED) is 0.618. The molecule has 1 heterocycles. The van der Waals surface area contributed by atoms with Crippen molar-refractivity contribution in [2.75, 3.05) is 13.7 Å². The highest BCUT2D eigenvalue weighted by molar-refractivity contribution is 7.89. The van der Waals surface area contributed by atoms with E-state index >= 15 is 0 Å². The van der Waals surface area contributed by atoms with Crippen LogP contribution in [0.15, 0.2) is 64.3 Å². The molecular formula is C20H20ClN3O4S. The van der Waals surface area contributed by atoms with Crippen LogP contribution in [0.3, 0.4) is 0 Å². The van der Waals surface area contributed by atoms with Gasteiger partial charge in [0.2, 0.25) is 10.0 Å². The molecule has 0 unspecified atom stereocenters. The summed E-state index contributed by atoms with van der Waals surface area (Å²) in [6, 6.07) is 14.9. The van der Waals surface area contributed by atoms with Crippen molar-refractivity contribution in [3.8, 4) is 17.0 Å². The van der Waals surface area contributed by atoms with Crippen molar-refractivity contribution in [1.82, 2.24) is 14.5 Å². The first kappa shape index (κ1) is 21.0. The summed E-state index contributed by atoms with van der Waals surface area (Å²) in [5.74, 6) is 0.262. The molecule has 0 saturated carbocycles. The van der Waals surface area contributed by atoms with Gasteiger partial charge < -0.3 is 4.74 Å². The van der Waals surface area contributed by atoms with Crippen molar-refractivity contribution < 1.29 is 13.2 Å². The molecule has 29 heavy (non-hydrogen) atoms. The molecule has 7 nitrogen and oxygen atoms in total. The molecule has 0 fully saturated rings. The van der Waals surface area contributed by atoms with Gasteiger partial charge in [0.05, 0.1) is 19.3 Å². The Morgan fingerprint density at radius 1 is 1.10 bits per heavy atom. The van der Waals surface area contributed by atoms with Crippen molar-refractivity contribution in [2.45, 2.75) is 18.4 Å². The molecular weight excluding hydrogens is 414 g/mol. The average Bonchev–Trinajstić information content (AvgIpc) is 2.69. The van der Waals surface area contributed by atoms with Crippen LogP contribution in [-0.4, -0.2) is 31.9 Å². The first-order valence-electron chi connectivity index (χ1n) is 8.78. The maximum absolute atomic E-state index is 12.6. The number of sulfonamides is 1. The fourth-order valence-corrected chi connectivity index (χ4v) is 4.04. The van der Waals surface area contributed by atoms with Crippen LogP contribution in [0, 0.1) is 6.92 Å². The minimum atomic E-state index is -3.80. The smallest absolute Gasteiger partial charge is 0.266 e. The molecule has 0 amide bonds. The minimum absolute atomic E-state index is 0.00363. The third-order valence-electron chi connectivity index (χ3n) is 4.23. The highest BCUT2D eigenvalue weighted by Crippen LogP contribution is 2.24. The zero-order valence-electron chi connectivity index (χ0n) is 15.9. The number of methoxy groups -OCH3 is 1. The van der Waals surface area contributed by atoms with Crippen LogP contribution in [0.25, 0.3) is 11.3 Å². The summed E-state index contributed by atoms with van der Waals surface area (Å²) in [6.45, 7) is 1.92. The molecule has 152 valence electrons. The van der Waals surface area contributed by atoms with E-state index in [-0.39, 0.29) is 29.3 Å². The van der Waals surface area contributed by atoms with Gasteiger partial charge in [0.15, 0.2) is 0 Å². The number of nitrogens with one attached hydrogen (secondary N) is 1. The summed E-state index contributed by atoms with van der Waals surface area (Å²) >= 11 is 5.90. The standard InChI is InChI=1S/C20H20ClN3O4S/c1-14-3-9-19(18(13-14)28-2)29(26,27)22-11-12-24-20(25)10-8-17(23-24)15-4-6-16(21)7-5-15/h3-10,13,22H,11-12H2,1-2H3. The predicted molar refractivity (Wildman–Crippen MR) is 112 cm³/mol. The molecule has 3 rings (SSSR count). The maximum atomic E-state index is 12.6. The Bertz CT molecular complexity index is 1180. The van der Waals surface area contributed by atoms with Gasteiger partial charge in [0.1, 0.15) is 10.6 Å². The van der Waals surface area contributed by atoms with Gasteiger partial charge in [-0.05, 0) is 42.8 Å². The Morgan fingerprint density at radius 3 is 2.52 bits per heavy atom. The normalized spacial score (nSPS) is 11.4. The second kappa shape index (κ2) is 8.77. The molecule has 0 saturated heterocycles. The van der Waals surface area contributed by atoms with Gasteiger partial charge in [-0.2, -0.15) is 5.10 Å². The highest BCUT2D eigenvalue weighted by atomic mass is 35.5. The van der Waals surface area contributed by atoms with E-state index < -0.39 is 10.0 Å². The van der Waals surface area contributed by atoms with E-state index in [9.17, 15) is 13.2 Å². The first-order valence-corrected chi connectivity index (χ1v) is 10.6. The van der Waals surface area contributed by atoms with Crippen molar-refractivity contribution in [1.29, 1.82) is 0 Å². The average molecular weight is 434 g/mol. The molecule has 0 radical (unpaired) electrons. The van der Waals surface area contributed by atoms with Crippen LogP contribution in [0.2, 0.25) is 5.02 Å². The molecule has 1 aromatic heterocycles. The summed E-state index contributed by atoms with van der Waals surface area (Å²) in [7, 11) is -2.39. The molecule has 0 aliphatic carbocycles. The Kier molecular flexibility index (Phi) is 6.36. The molecule has 1 N–H and O–H groups in total. The summed E-state index contributed by atoms with van der Waals surface area (Å²) in [5.41, 5.74) is 1.95. The Balaban J connectivity index is 1.75. The summed E-state index contributed by atoms with van der Waals surface area (Å²) in [4.78, 5) is 12.1. The Morgan fingerprint density at radius 2 is 1.83 bits per heavy atom. The number of rotatable bonds is 7. The van der Waals surface area contributed by atoms with Gasteiger partial charge in [-0.15, -0.1) is 0 Å². The van der Waals surface area contributed by atoms with Crippen LogP contribution in [0.1, 0.15) is 5.56 Å². The van der Waals surface area contributed by atoms with Crippen molar-refractivity contribution in [3.63, 3.8) is 0 Å². The Hall–Kier alpha value is -2.68. The van der Waals surface area contributed by atoms with Crippen LogP contribution in [0.5, 0.6) is 5.75 Å². The van der Waals surface area contributed by atoms with Crippen LogP contribution >= 0.6 is 11.6 Å². The van der Waals surface area contributed by atoms with Crippen molar-refractivity contribution in [2.24, 2.45) is 0 Å². The van der Waals surface area contributed by atoms with Crippen molar-refractivity contribution >= 4 is 21.6 Å². The minimum Gasteiger partial charge on any atom is -0.495 e. The summed E-state index contributed by atoms with van der Waals surface area (Å²) in [6.07, 6.45) is 0. The molecule has 0 aliphatic rings. The van der Waals surface area contributed by atoms with Gasteiger partial charge in [-0.3, -0.25) is 4.79 Å². The maximum Gasteiger partial charge on any atom is 0.266 e. The van der Waals surface area contributed by atoms with Crippen LogP contribution in [0.4, 0.5) is 0 Å². The third kappa shape index (κ3) is 5.03. The van der Waals surface area contributed by atoms with E-state index in [0.29, 0.717) is 10.7 Å². The van der Waals surface area contributed by atoms with E-state index in [1.54, 1.807) is 42.5 Å². The van der Waals surface area contributed by atoms with Gasteiger partial charge in [0, 0.05) is 23.2 Å². The molecule has 0 atom stereocenters. The lowest BCUT2D eigenvalue weighted by Crippen LogP contribution is -2.32. The van der Waals surface area contributed by atoms with E-state index in [1.165, 1.54) is 23.9 Å². The largest absolute Gasteiger partial charge is 0.495 e. The second-order valence-electron chi connectivity index (χ2n) is 6.34. The molecule has 3 aromatic rings. The van der Waals surface area contributed by atoms with Gasteiger partial charge in [0.25, 0.3) is 5.56 Å². The number of aromatic nitrogens is 2. The molecule has 0 bridgehead atoms. The summed E-state index contributed by atoms with van der Waals surface area (Å²) in [5, 5.41) is 4.91. The van der Waals surface area contributed by atoms with Gasteiger partial charge in [-0.1, -0.05) is 29.8 Å². The Labute approximate surface area is 174 Å². The van der Waals surface area contributed by atoms with Gasteiger partial charge >= 0.3 is 0 Å². The zero-order chi connectivity index (χ0) is 21.0. The summed E-state index contributed by atoms with van der Waals surface area (Å²) < 4.78 is 34.1. The predicted octanol–water partition coefficient (Wildman–Crippen LogP) is 2.86. The highest BCUT2D eigenvalue weighted by Gasteiger charge is 2.19. The lowest BCUT2D eigenvalue weighted by atomic mass is 10.1. The SMILES string of the molecule is COc1cc(C)ccc1S(=O)(=O)NCCn1nc(-c2ccc(Cl)cc2)ccc1=O. The van der Waals surface area contributed by atoms with E-state index in [1.807, 2.05) is 6.92 Å². The number of benzene rings is 2. The lowest BCUT2D eigenvalue weighted by molar-refractivity contribution is 0.402. The van der Waals surface area contributed by atoms with E-state index in [0.717, 1.165) is 11.1 Å².